The molecule has 1 saturated heterocycles. The minimum atomic E-state index is 0.157. The molecule has 2 aliphatic rings. The number of Topliss-reactive ketones (excluding diaryl/α,β-unsaturated/α-hetero) is 1. The summed E-state index contributed by atoms with van der Waals surface area (Å²) in [4.78, 5) is 17.7. The molecule has 216 valence electrons. The number of anilines is 2. The molecular formula is C33H44N2O5. The van der Waals surface area contributed by atoms with Crippen LogP contribution in [-0.4, -0.2) is 84.8 Å². The molecule has 0 amide bonds. The van der Waals surface area contributed by atoms with Gasteiger partial charge in [-0.15, -0.1) is 0 Å². The molecule has 7 heteroatoms. The van der Waals surface area contributed by atoms with Crippen LogP contribution in [0.25, 0.3) is 12.2 Å². The van der Waals surface area contributed by atoms with Crippen molar-refractivity contribution in [3.63, 3.8) is 0 Å². The number of hydrogen-bond acceptors (Lipinski definition) is 7. The van der Waals surface area contributed by atoms with E-state index in [9.17, 15) is 4.79 Å². The number of rotatable bonds is 6. The summed E-state index contributed by atoms with van der Waals surface area (Å²) < 4.78 is 22.6. The topological polar surface area (TPSA) is 60.5 Å². The number of allylic oxidation sites excluding steroid dienone is 2. The van der Waals surface area contributed by atoms with Gasteiger partial charge < -0.3 is 28.7 Å². The van der Waals surface area contributed by atoms with Gasteiger partial charge >= 0.3 is 0 Å². The molecule has 0 unspecified atom stereocenters. The molecule has 0 spiro atoms. The Bertz CT molecular complexity index is 1090. The van der Waals surface area contributed by atoms with E-state index in [1.54, 1.807) is 0 Å². The van der Waals surface area contributed by atoms with Crippen molar-refractivity contribution in [1.29, 1.82) is 0 Å². The maximum Gasteiger partial charge on any atom is 0.185 e. The summed E-state index contributed by atoms with van der Waals surface area (Å²) in [6.07, 6.45) is 5.64. The highest BCUT2D eigenvalue weighted by Gasteiger charge is 2.23. The molecule has 4 rings (SSSR count). The second-order valence-corrected chi connectivity index (χ2v) is 9.96. The summed E-state index contributed by atoms with van der Waals surface area (Å²) in [7, 11) is 0. The van der Waals surface area contributed by atoms with Crippen LogP contribution in [0.15, 0.2) is 59.7 Å². The summed E-state index contributed by atoms with van der Waals surface area (Å²) >= 11 is 0. The molecule has 0 bridgehead atoms. The van der Waals surface area contributed by atoms with Crippen molar-refractivity contribution in [1.82, 2.24) is 0 Å². The maximum absolute atomic E-state index is 13.1. The van der Waals surface area contributed by atoms with Crippen LogP contribution in [0.1, 0.15) is 37.8 Å². The van der Waals surface area contributed by atoms with Crippen LogP contribution in [0, 0.1) is 0 Å². The van der Waals surface area contributed by atoms with E-state index in [1.165, 1.54) is 5.69 Å². The Morgan fingerprint density at radius 1 is 0.650 bits per heavy atom. The van der Waals surface area contributed by atoms with E-state index in [2.05, 4.69) is 72.2 Å². The van der Waals surface area contributed by atoms with Gasteiger partial charge in [-0.3, -0.25) is 4.79 Å². The lowest BCUT2D eigenvalue weighted by molar-refractivity contribution is -0.111. The van der Waals surface area contributed by atoms with Gasteiger partial charge in [0.25, 0.3) is 0 Å². The minimum absolute atomic E-state index is 0.157. The van der Waals surface area contributed by atoms with Crippen molar-refractivity contribution < 1.29 is 23.7 Å². The molecule has 2 aromatic carbocycles. The van der Waals surface area contributed by atoms with E-state index in [-0.39, 0.29) is 5.78 Å². The van der Waals surface area contributed by atoms with Gasteiger partial charge in [0.15, 0.2) is 5.78 Å². The van der Waals surface area contributed by atoms with Gasteiger partial charge in [0.1, 0.15) is 0 Å². The number of hydrogen-bond donors (Lipinski definition) is 0. The smallest absolute Gasteiger partial charge is 0.185 e. The fourth-order valence-electron chi connectivity index (χ4n) is 5.01. The molecule has 0 radical (unpaired) electrons. The second-order valence-electron chi connectivity index (χ2n) is 9.96. The molecule has 1 aliphatic heterocycles. The third-order valence-electron chi connectivity index (χ3n) is 7.34. The average molecular weight is 549 g/mol. The predicted octanol–water partition coefficient (Wildman–Crippen LogP) is 5.25. The SMILES string of the molecule is CCN(CC)c1ccc(/C=C2\CC/C(=C\c3ccc(N4CCOCCOCCOCCOCC4)cc3)C2=O)cc1. The zero-order chi connectivity index (χ0) is 28.0. The lowest BCUT2D eigenvalue weighted by Gasteiger charge is -2.25. The molecule has 40 heavy (non-hydrogen) atoms. The zero-order valence-electron chi connectivity index (χ0n) is 24.1. The monoisotopic (exact) mass is 548 g/mol. The Kier molecular flexibility index (Phi) is 12.2. The van der Waals surface area contributed by atoms with Gasteiger partial charge in [0, 0.05) is 48.7 Å². The number of carbonyl (C=O) groups excluding carboxylic acids is 1. The van der Waals surface area contributed by atoms with E-state index < -0.39 is 0 Å². The summed E-state index contributed by atoms with van der Waals surface area (Å²) in [6.45, 7) is 12.5. The minimum Gasteiger partial charge on any atom is -0.377 e. The number of benzene rings is 2. The summed E-state index contributed by atoms with van der Waals surface area (Å²) in [5.41, 5.74) is 6.20. The van der Waals surface area contributed by atoms with E-state index in [0.29, 0.717) is 52.9 Å². The Morgan fingerprint density at radius 2 is 1.07 bits per heavy atom. The van der Waals surface area contributed by atoms with Gasteiger partial charge in [0.05, 0.1) is 52.9 Å². The van der Waals surface area contributed by atoms with E-state index in [4.69, 9.17) is 18.9 Å². The van der Waals surface area contributed by atoms with Crippen LogP contribution in [0.5, 0.6) is 0 Å². The summed E-state index contributed by atoms with van der Waals surface area (Å²) in [5, 5.41) is 0. The first-order valence-electron chi connectivity index (χ1n) is 14.6. The second kappa shape index (κ2) is 16.3. The number of nitrogens with zero attached hydrogens (tertiary/aromatic N) is 2. The van der Waals surface area contributed by atoms with Crippen molar-refractivity contribution >= 4 is 29.3 Å². The number of carbonyl (C=O) groups is 1. The number of ketones is 1. The van der Waals surface area contributed by atoms with Crippen LogP contribution < -0.4 is 9.80 Å². The first kappa shape index (κ1) is 30.0. The van der Waals surface area contributed by atoms with Gasteiger partial charge in [0.2, 0.25) is 0 Å². The van der Waals surface area contributed by atoms with Crippen LogP contribution in [0.2, 0.25) is 0 Å². The van der Waals surface area contributed by atoms with Crippen molar-refractivity contribution in [2.45, 2.75) is 26.7 Å². The largest absolute Gasteiger partial charge is 0.377 e. The first-order chi connectivity index (χ1) is 19.7. The molecule has 7 nitrogen and oxygen atoms in total. The van der Waals surface area contributed by atoms with Crippen molar-refractivity contribution in [3.8, 4) is 0 Å². The van der Waals surface area contributed by atoms with Crippen LogP contribution in [0.3, 0.4) is 0 Å². The molecule has 2 fully saturated rings. The van der Waals surface area contributed by atoms with Gasteiger partial charge in [-0.25, -0.2) is 0 Å². The lowest BCUT2D eigenvalue weighted by Crippen LogP contribution is -2.31. The molecule has 1 aliphatic carbocycles. The number of ether oxygens (including phenoxy) is 4. The van der Waals surface area contributed by atoms with Gasteiger partial charge in [-0.2, -0.15) is 0 Å². The lowest BCUT2D eigenvalue weighted by atomic mass is 10.1. The highest BCUT2D eigenvalue weighted by molar-refractivity contribution is 6.15. The Balaban J connectivity index is 1.37. The van der Waals surface area contributed by atoms with Crippen LogP contribution in [0.4, 0.5) is 11.4 Å². The van der Waals surface area contributed by atoms with Crippen LogP contribution in [-0.2, 0) is 23.7 Å². The predicted molar refractivity (Wildman–Crippen MR) is 162 cm³/mol. The van der Waals surface area contributed by atoms with E-state index in [0.717, 1.165) is 67.0 Å². The quantitative estimate of drug-likeness (QED) is 0.457. The van der Waals surface area contributed by atoms with Gasteiger partial charge in [-0.1, -0.05) is 24.3 Å². The normalized spacial score (nSPS) is 20.4. The highest BCUT2D eigenvalue weighted by Crippen LogP contribution is 2.30. The fourth-order valence-corrected chi connectivity index (χ4v) is 5.01. The van der Waals surface area contributed by atoms with E-state index >= 15 is 0 Å². The third kappa shape index (κ3) is 9.03. The van der Waals surface area contributed by atoms with Crippen molar-refractivity contribution in [3.05, 3.63) is 70.8 Å². The average Bonchev–Trinajstić information content (AvgIpc) is 3.31. The Labute approximate surface area is 239 Å². The summed E-state index contributed by atoms with van der Waals surface area (Å²) in [6, 6.07) is 16.9. The Morgan fingerprint density at radius 3 is 1.52 bits per heavy atom. The van der Waals surface area contributed by atoms with E-state index in [1.807, 2.05) is 12.2 Å². The Hall–Kier alpha value is -2.97. The fraction of sp³-hybridized carbons (Fsp3) is 0.485. The third-order valence-corrected chi connectivity index (χ3v) is 7.34. The van der Waals surface area contributed by atoms with Gasteiger partial charge in [-0.05, 0) is 74.2 Å². The molecule has 0 N–H and O–H groups in total. The molecule has 0 aromatic heterocycles. The zero-order valence-corrected chi connectivity index (χ0v) is 24.1. The van der Waals surface area contributed by atoms with Crippen molar-refractivity contribution in [2.24, 2.45) is 0 Å². The molecular weight excluding hydrogens is 504 g/mol. The standard InChI is InChI=1S/C33H44N2O5/c1-3-34(4-2)31-11-5-27(6-12-31)25-29-9-10-30(33(29)36)26-28-7-13-32(14-8-28)35-15-17-37-19-21-39-23-24-40-22-20-38-18-16-35/h5-8,11-14,25-26H,3-4,9-10,15-24H2,1-2H3/b29-25+,30-26+. The molecule has 1 saturated carbocycles. The highest BCUT2D eigenvalue weighted by atomic mass is 16.6. The van der Waals surface area contributed by atoms with Crippen molar-refractivity contribution in [2.75, 3.05) is 88.8 Å². The molecule has 2 aromatic rings. The molecule has 0 atom stereocenters. The van der Waals surface area contributed by atoms with Crippen LogP contribution >= 0.6 is 0 Å². The molecule has 1 heterocycles. The maximum atomic E-state index is 13.1. The summed E-state index contributed by atoms with van der Waals surface area (Å²) in [5.74, 6) is 0.157. The first-order valence-corrected chi connectivity index (χ1v) is 14.6.